The van der Waals surface area contributed by atoms with E-state index in [4.69, 9.17) is 5.73 Å². The summed E-state index contributed by atoms with van der Waals surface area (Å²) in [6, 6.07) is 10.0. The summed E-state index contributed by atoms with van der Waals surface area (Å²) < 4.78 is 0. The molecule has 18 heavy (non-hydrogen) atoms. The number of benzene rings is 1. The van der Waals surface area contributed by atoms with E-state index >= 15 is 0 Å². The van der Waals surface area contributed by atoms with Gasteiger partial charge in [0.1, 0.15) is 0 Å². The molecule has 1 aliphatic rings. The van der Waals surface area contributed by atoms with E-state index in [1.54, 1.807) is 0 Å². The molecule has 1 saturated carbocycles. The molecule has 1 aromatic rings. The summed E-state index contributed by atoms with van der Waals surface area (Å²) in [5.41, 5.74) is 6.81. The monoisotopic (exact) mass is 246 g/mol. The van der Waals surface area contributed by atoms with Crippen molar-refractivity contribution < 1.29 is 4.79 Å². The first-order valence-electron chi connectivity index (χ1n) is 6.81. The average molecular weight is 246 g/mol. The van der Waals surface area contributed by atoms with Crippen molar-refractivity contribution in [1.29, 1.82) is 0 Å². The van der Waals surface area contributed by atoms with Crippen molar-refractivity contribution in [3.8, 4) is 0 Å². The maximum atomic E-state index is 12.0. The molecule has 0 bridgehead atoms. The van der Waals surface area contributed by atoms with Gasteiger partial charge in [0.05, 0.1) is 0 Å². The van der Waals surface area contributed by atoms with E-state index < -0.39 is 0 Å². The predicted molar refractivity (Wildman–Crippen MR) is 72.8 cm³/mol. The largest absolute Gasteiger partial charge is 0.352 e. The van der Waals surface area contributed by atoms with Crippen molar-refractivity contribution in [1.82, 2.24) is 5.32 Å². The lowest BCUT2D eigenvalue weighted by atomic mass is 9.81. The van der Waals surface area contributed by atoms with Crippen molar-refractivity contribution in [2.24, 2.45) is 17.6 Å². The Morgan fingerprint density at radius 2 is 1.83 bits per heavy atom. The lowest BCUT2D eigenvalue weighted by Gasteiger charge is -2.26. The van der Waals surface area contributed by atoms with Gasteiger partial charge in [-0.05, 0) is 43.7 Å². The van der Waals surface area contributed by atoms with E-state index in [2.05, 4.69) is 5.32 Å². The summed E-state index contributed by atoms with van der Waals surface area (Å²) in [6.45, 7) is 1.40. The van der Waals surface area contributed by atoms with Crippen molar-refractivity contribution in [2.75, 3.05) is 6.54 Å². The third-order valence-electron chi connectivity index (χ3n) is 3.86. The third kappa shape index (κ3) is 3.57. The number of nitrogens with one attached hydrogen (secondary N) is 1. The molecule has 0 radical (unpaired) electrons. The van der Waals surface area contributed by atoms with Crippen LogP contribution in [0.3, 0.4) is 0 Å². The zero-order chi connectivity index (χ0) is 12.8. The number of amides is 1. The number of carbonyl (C=O) groups excluding carboxylic acids is 1. The van der Waals surface area contributed by atoms with Crippen molar-refractivity contribution in [3.63, 3.8) is 0 Å². The molecule has 0 unspecified atom stereocenters. The average Bonchev–Trinajstić information content (AvgIpc) is 2.46. The first kappa shape index (κ1) is 13.1. The minimum absolute atomic E-state index is 0.191. The number of nitrogens with two attached hydrogens (primary N) is 1. The number of carbonyl (C=O) groups is 1. The van der Waals surface area contributed by atoms with Gasteiger partial charge in [0.25, 0.3) is 0 Å². The first-order chi connectivity index (χ1) is 8.79. The predicted octanol–water partition coefficient (Wildman–Crippen LogP) is 2.07. The van der Waals surface area contributed by atoms with E-state index in [9.17, 15) is 4.79 Å². The Kier molecular flexibility index (Phi) is 4.76. The van der Waals surface area contributed by atoms with Crippen LogP contribution in [0.1, 0.15) is 31.2 Å². The highest BCUT2D eigenvalue weighted by Gasteiger charge is 2.25. The summed E-state index contributed by atoms with van der Waals surface area (Å²) in [6.07, 6.45) is 4.17. The molecule has 0 spiro atoms. The Balaban J connectivity index is 1.75. The topological polar surface area (TPSA) is 55.1 Å². The Morgan fingerprint density at radius 3 is 2.44 bits per heavy atom. The highest BCUT2D eigenvalue weighted by molar-refractivity contribution is 5.78. The van der Waals surface area contributed by atoms with Crippen LogP contribution in [0.5, 0.6) is 0 Å². The number of hydrogen-bond acceptors (Lipinski definition) is 2. The molecular weight excluding hydrogens is 224 g/mol. The summed E-state index contributed by atoms with van der Waals surface area (Å²) in [5, 5.41) is 3.03. The second-order valence-electron chi connectivity index (χ2n) is 5.16. The number of hydrogen-bond donors (Lipinski definition) is 2. The molecule has 3 N–H and O–H groups in total. The van der Waals surface area contributed by atoms with Crippen LogP contribution in [0.25, 0.3) is 0 Å². The maximum absolute atomic E-state index is 12.0. The smallest absolute Gasteiger partial charge is 0.223 e. The zero-order valence-corrected chi connectivity index (χ0v) is 10.8. The van der Waals surface area contributed by atoms with Crippen LogP contribution < -0.4 is 11.1 Å². The van der Waals surface area contributed by atoms with Gasteiger partial charge in [-0.1, -0.05) is 30.3 Å². The minimum atomic E-state index is 0.191. The molecule has 0 atom stereocenters. The molecule has 0 aromatic heterocycles. The van der Waals surface area contributed by atoms with E-state index in [-0.39, 0.29) is 11.8 Å². The van der Waals surface area contributed by atoms with Crippen LogP contribution in [0.4, 0.5) is 0 Å². The van der Waals surface area contributed by atoms with Gasteiger partial charge in [0.15, 0.2) is 0 Å². The van der Waals surface area contributed by atoms with E-state index in [1.807, 2.05) is 30.3 Å². The van der Waals surface area contributed by atoms with Gasteiger partial charge >= 0.3 is 0 Å². The molecule has 0 saturated heterocycles. The second kappa shape index (κ2) is 6.55. The van der Waals surface area contributed by atoms with Gasteiger partial charge in [-0.2, -0.15) is 0 Å². The summed E-state index contributed by atoms with van der Waals surface area (Å²) in [7, 11) is 0. The van der Waals surface area contributed by atoms with Crippen LogP contribution in [0, 0.1) is 11.8 Å². The minimum Gasteiger partial charge on any atom is -0.352 e. The standard InChI is InChI=1S/C15H22N2O/c16-10-12-6-8-14(9-7-12)15(18)17-11-13-4-2-1-3-5-13/h1-5,12,14H,6-11,16H2,(H,17,18)/t12-,14-. The first-order valence-corrected chi connectivity index (χ1v) is 6.81. The Morgan fingerprint density at radius 1 is 1.17 bits per heavy atom. The molecule has 1 aliphatic carbocycles. The molecule has 1 amide bonds. The lowest BCUT2D eigenvalue weighted by Crippen LogP contribution is -2.33. The Labute approximate surface area is 109 Å². The molecule has 98 valence electrons. The highest BCUT2D eigenvalue weighted by atomic mass is 16.1. The molecule has 1 aromatic carbocycles. The second-order valence-corrected chi connectivity index (χ2v) is 5.16. The molecule has 0 aliphatic heterocycles. The van der Waals surface area contributed by atoms with Gasteiger partial charge in [-0.3, -0.25) is 4.79 Å². The van der Waals surface area contributed by atoms with E-state index in [1.165, 1.54) is 0 Å². The van der Waals surface area contributed by atoms with E-state index in [0.717, 1.165) is 37.8 Å². The zero-order valence-electron chi connectivity index (χ0n) is 10.8. The van der Waals surface area contributed by atoms with Gasteiger partial charge in [-0.15, -0.1) is 0 Å². The summed E-state index contributed by atoms with van der Waals surface area (Å²) in [5.74, 6) is 1.02. The SMILES string of the molecule is NC[C@H]1CC[C@H](C(=O)NCc2ccccc2)CC1. The van der Waals surface area contributed by atoms with Crippen LogP contribution in [0.15, 0.2) is 30.3 Å². The Hall–Kier alpha value is -1.35. The molecule has 2 rings (SSSR count). The van der Waals surface area contributed by atoms with Crippen molar-refractivity contribution in [3.05, 3.63) is 35.9 Å². The third-order valence-corrected chi connectivity index (χ3v) is 3.86. The maximum Gasteiger partial charge on any atom is 0.223 e. The van der Waals surface area contributed by atoms with Gasteiger partial charge < -0.3 is 11.1 Å². The molecule has 3 nitrogen and oxygen atoms in total. The lowest BCUT2D eigenvalue weighted by molar-refractivity contribution is -0.126. The van der Waals surface area contributed by atoms with Gasteiger partial charge in [0, 0.05) is 12.5 Å². The van der Waals surface area contributed by atoms with Crippen molar-refractivity contribution >= 4 is 5.91 Å². The normalized spacial score (nSPS) is 23.6. The van der Waals surface area contributed by atoms with Crippen LogP contribution in [0.2, 0.25) is 0 Å². The fraction of sp³-hybridized carbons (Fsp3) is 0.533. The van der Waals surface area contributed by atoms with E-state index in [0.29, 0.717) is 12.5 Å². The molecular formula is C15H22N2O. The highest BCUT2D eigenvalue weighted by Crippen LogP contribution is 2.28. The van der Waals surface area contributed by atoms with Crippen LogP contribution in [-0.4, -0.2) is 12.5 Å². The van der Waals surface area contributed by atoms with Crippen LogP contribution >= 0.6 is 0 Å². The molecule has 0 heterocycles. The fourth-order valence-corrected chi connectivity index (χ4v) is 2.59. The summed E-state index contributed by atoms with van der Waals surface area (Å²) in [4.78, 5) is 12.0. The van der Waals surface area contributed by atoms with Gasteiger partial charge in [-0.25, -0.2) is 0 Å². The fourth-order valence-electron chi connectivity index (χ4n) is 2.59. The van der Waals surface area contributed by atoms with Crippen LogP contribution in [-0.2, 0) is 11.3 Å². The number of rotatable bonds is 4. The van der Waals surface area contributed by atoms with Gasteiger partial charge in [0.2, 0.25) is 5.91 Å². The van der Waals surface area contributed by atoms with Crippen molar-refractivity contribution in [2.45, 2.75) is 32.2 Å². The molecule has 3 heteroatoms. The molecule has 1 fully saturated rings. The Bertz CT molecular complexity index is 369. The quantitative estimate of drug-likeness (QED) is 0.854. The summed E-state index contributed by atoms with van der Waals surface area (Å²) >= 11 is 0.